The molecule has 0 aromatic rings. The summed E-state index contributed by atoms with van der Waals surface area (Å²) in [6.07, 6.45) is 1.87. The van der Waals surface area contributed by atoms with Crippen LogP contribution < -0.4 is 0 Å². The molecule has 0 saturated carbocycles. The van der Waals surface area contributed by atoms with Gasteiger partial charge in [0.2, 0.25) is 5.91 Å². The van der Waals surface area contributed by atoms with Gasteiger partial charge in [0.15, 0.2) is 0 Å². The van der Waals surface area contributed by atoms with Gasteiger partial charge in [0.25, 0.3) is 0 Å². The fourth-order valence-corrected chi connectivity index (χ4v) is 3.07. The molecule has 1 unspecified atom stereocenters. The number of carboxylic acids is 1. The summed E-state index contributed by atoms with van der Waals surface area (Å²) in [5.41, 5.74) is -0.735. The Hall–Kier alpha value is -1.14. The van der Waals surface area contributed by atoms with E-state index < -0.39 is 11.4 Å². The normalized spacial score (nSPS) is 24.9. The molecule has 6 nitrogen and oxygen atoms in total. The lowest BCUT2D eigenvalue weighted by atomic mass is 9.74. The van der Waals surface area contributed by atoms with Crippen LogP contribution in [0.2, 0.25) is 0 Å². The lowest BCUT2D eigenvalue weighted by Gasteiger charge is -2.39. The summed E-state index contributed by atoms with van der Waals surface area (Å²) in [6, 6.07) is 0. The van der Waals surface area contributed by atoms with Gasteiger partial charge in [-0.1, -0.05) is 0 Å². The van der Waals surface area contributed by atoms with Crippen LogP contribution in [0.15, 0.2) is 0 Å². The van der Waals surface area contributed by atoms with Gasteiger partial charge in [-0.3, -0.25) is 14.5 Å². The number of piperidine rings is 1. The molecule has 0 aliphatic carbocycles. The summed E-state index contributed by atoms with van der Waals surface area (Å²) in [5, 5.41) is 9.36. The van der Waals surface area contributed by atoms with Gasteiger partial charge in [0, 0.05) is 19.6 Å². The van der Waals surface area contributed by atoms with E-state index in [1.165, 1.54) is 0 Å². The van der Waals surface area contributed by atoms with E-state index in [4.69, 9.17) is 4.74 Å². The van der Waals surface area contributed by atoms with Gasteiger partial charge in [-0.05, 0) is 39.2 Å². The number of likely N-dealkylation sites (tertiary alicyclic amines) is 1. The first-order chi connectivity index (χ1) is 9.91. The van der Waals surface area contributed by atoms with Crippen molar-refractivity contribution in [2.24, 2.45) is 11.3 Å². The van der Waals surface area contributed by atoms with E-state index in [1.807, 2.05) is 4.90 Å². The first-order valence-electron chi connectivity index (χ1n) is 7.72. The molecule has 1 N–H and O–H groups in total. The largest absolute Gasteiger partial charge is 0.481 e. The Morgan fingerprint density at radius 2 is 1.90 bits per heavy atom. The van der Waals surface area contributed by atoms with Crippen LogP contribution in [0.3, 0.4) is 0 Å². The molecule has 0 aromatic carbocycles. The average Bonchev–Trinajstić information content (AvgIpc) is 2.48. The second-order valence-corrected chi connectivity index (χ2v) is 6.59. The van der Waals surface area contributed by atoms with E-state index >= 15 is 0 Å². The molecule has 6 heteroatoms. The molecule has 2 aliphatic rings. The van der Waals surface area contributed by atoms with Crippen molar-refractivity contribution in [1.29, 1.82) is 0 Å². The number of carbonyl (C=O) groups is 2. The molecular formula is C15H26N2O4. The van der Waals surface area contributed by atoms with Crippen LogP contribution in [0.25, 0.3) is 0 Å². The standard InChI is InChI=1S/C15H26N2O4/c1-15(2,14(19)20)12-4-3-5-16(10-12)11-13(18)17-6-8-21-9-7-17/h12H,3-11H2,1-2H3,(H,19,20). The van der Waals surface area contributed by atoms with Crippen LogP contribution in [-0.2, 0) is 14.3 Å². The van der Waals surface area contributed by atoms with Crippen LogP contribution in [0, 0.1) is 11.3 Å². The second kappa shape index (κ2) is 6.75. The maximum absolute atomic E-state index is 12.3. The Morgan fingerprint density at radius 3 is 2.52 bits per heavy atom. The highest BCUT2D eigenvalue weighted by Gasteiger charge is 2.39. The van der Waals surface area contributed by atoms with Crippen molar-refractivity contribution in [3.63, 3.8) is 0 Å². The highest BCUT2D eigenvalue weighted by Crippen LogP contribution is 2.34. The fraction of sp³-hybridized carbons (Fsp3) is 0.867. The monoisotopic (exact) mass is 298 g/mol. The Bertz CT molecular complexity index is 391. The first kappa shape index (κ1) is 16.2. The maximum atomic E-state index is 12.3. The van der Waals surface area contributed by atoms with Gasteiger partial charge in [0.05, 0.1) is 25.2 Å². The maximum Gasteiger partial charge on any atom is 0.309 e. The van der Waals surface area contributed by atoms with E-state index in [0.717, 1.165) is 19.4 Å². The predicted octanol–water partition coefficient (Wildman–Crippen LogP) is 0.668. The number of hydrogen-bond acceptors (Lipinski definition) is 4. The minimum atomic E-state index is -0.756. The Labute approximate surface area is 126 Å². The molecule has 120 valence electrons. The average molecular weight is 298 g/mol. The molecule has 0 radical (unpaired) electrons. The van der Waals surface area contributed by atoms with E-state index in [1.54, 1.807) is 13.8 Å². The summed E-state index contributed by atoms with van der Waals surface area (Å²) >= 11 is 0. The summed E-state index contributed by atoms with van der Waals surface area (Å²) < 4.78 is 5.26. The summed E-state index contributed by atoms with van der Waals surface area (Å²) in [4.78, 5) is 27.6. The number of amides is 1. The number of carbonyl (C=O) groups excluding carboxylic acids is 1. The molecule has 2 fully saturated rings. The third kappa shape index (κ3) is 3.95. The fourth-order valence-electron chi connectivity index (χ4n) is 3.07. The van der Waals surface area contributed by atoms with Gasteiger partial charge in [-0.25, -0.2) is 0 Å². The number of morpholine rings is 1. The summed E-state index contributed by atoms with van der Waals surface area (Å²) in [6.45, 7) is 8.08. The van der Waals surface area contributed by atoms with Crippen molar-refractivity contribution >= 4 is 11.9 Å². The molecule has 21 heavy (non-hydrogen) atoms. The highest BCUT2D eigenvalue weighted by atomic mass is 16.5. The van der Waals surface area contributed by atoms with Crippen molar-refractivity contribution in [3.8, 4) is 0 Å². The lowest BCUT2D eigenvalue weighted by Crippen LogP contribution is -2.50. The molecule has 0 bridgehead atoms. The molecule has 2 saturated heterocycles. The second-order valence-electron chi connectivity index (χ2n) is 6.59. The number of carboxylic acid groups (broad SMARTS) is 1. The van der Waals surface area contributed by atoms with Crippen molar-refractivity contribution in [2.75, 3.05) is 45.9 Å². The smallest absolute Gasteiger partial charge is 0.309 e. The molecular weight excluding hydrogens is 272 g/mol. The van der Waals surface area contributed by atoms with Gasteiger partial charge in [-0.15, -0.1) is 0 Å². The number of nitrogens with zero attached hydrogens (tertiary/aromatic N) is 2. The Kier molecular flexibility index (Phi) is 5.22. The van der Waals surface area contributed by atoms with Gasteiger partial charge in [0.1, 0.15) is 0 Å². The molecule has 1 atom stereocenters. The third-order valence-electron chi connectivity index (χ3n) is 4.80. The van der Waals surface area contributed by atoms with Crippen LogP contribution >= 0.6 is 0 Å². The SMILES string of the molecule is CC(C)(C(=O)O)C1CCCN(CC(=O)N2CCOCC2)C1. The Balaban J connectivity index is 1.89. The van der Waals surface area contributed by atoms with Crippen molar-refractivity contribution < 1.29 is 19.4 Å². The summed E-state index contributed by atoms with van der Waals surface area (Å²) in [5.74, 6) is -0.526. The van der Waals surface area contributed by atoms with Crippen LogP contribution in [-0.4, -0.2) is 72.7 Å². The predicted molar refractivity (Wildman–Crippen MR) is 78.0 cm³/mol. The summed E-state index contributed by atoms with van der Waals surface area (Å²) in [7, 11) is 0. The van der Waals surface area contributed by atoms with Crippen molar-refractivity contribution in [2.45, 2.75) is 26.7 Å². The lowest BCUT2D eigenvalue weighted by molar-refractivity contribution is -0.151. The molecule has 1 amide bonds. The van der Waals surface area contributed by atoms with Crippen LogP contribution in [0.5, 0.6) is 0 Å². The van der Waals surface area contributed by atoms with Crippen LogP contribution in [0.4, 0.5) is 0 Å². The molecule has 2 aliphatic heterocycles. The van der Waals surface area contributed by atoms with Crippen LogP contribution in [0.1, 0.15) is 26.7 Å². The van der Waals surface area contributed by atoms with Gasteiger partial charge < -0.3 is 14.7 Å². The molecule has 2 heterocycles. The van der Waals surface area contributed by atoms with Gasteiger partial charge in [-0.2, -0.15) is 0 Å². The Morgan fingerprint density at radius 1 is 1.24 bits per heavy atom. The zero-order valence-electron chi connectivity index (χ0n) is 13.0. The number of rotatable bonds is 4. The third-order valence-corrected chi connectivity index (χ3v) is 4.80. The number of ether oxygens (including phenoxy) is 1. The number of aliphatic carboxylic acids is 1. The van der Waals surface area contributed by atoms with Crippen molar-refractivity contribution in [3.05, 3.63) is 0 Å². The highest BCUT2D eigenvalue weighted by molar-refractivity contribution is 5.78. The molecule has 0 spiro atoms. The minimum absolute atomic E-state index is 0.0984. The molecule has 0 aromatic heterocycles. The van der Waals surface area contributed by atoms with E-state index in [9.17, 15) is 14.7 Å². The van der Waals surface area contributed by atoms with Crippen molar-refractivity contribution in [1.82, 2.24) is 9.80 Å². The van der Waals surface area contributed by atoms with E-state index in [2.05, 4.69) is 4.90 Å². The zero-order valence-corrected chi connectivity index (χ0v) is 13.0. The quantitative estimate of drug-likeness (QED) is 0.826. The molecule has 2 rings (SSSR count). The number of hydrogen-bond donors (Lipinski definition) is 1. The minimum Gasteiger partial charge on any atom is -0.481 e. The van der Waals surface area contributed by atoms with E-state index in [0.29, 0.717) is 39.4 Å². The van der Waals surface area contributed by atoms with Gasteiger partial charge >= 0.3 is 5.97 Å². The first-order valence-corrected chi connectivity index (χ1v) is 7.72. The topological polar surface area (TPSA) is 70.1 Å². The van der Waals surface area contributed by atoms with E-state index in [-0.39, 0.29) is 11.8 Å². The zero-order chi connectivity index (χ0) is 15.5.